The van der Waals surface area contributed by atoms with E-state index < -0.39 is 0 Å². The van der Waals surface area contributed by atoms with E-state index in [2.05, 4.69) is 24.3 Å². The Morgan fingerprint density at radius 3 is 2.67 bits per heavy atom. The van der Waals surface area contributed by atoms with Crippen LogP contribution >= 0.6 is 0 Å². The largest absolute Gasteiger partial charge is 0.378 e. The van der Waals surface area contributed by atoms with Crippen molar-refractivity contribution in [2.75, 3.05) is 13.2 Å². The average Bonchev–Trinajstić information content (AvgIpc) is 2.33. The molecule has 2 atom stereocenters. The van der Waals surface area contributed by atoms with Crippen molar-refractivity contribution in [3.63, 3.8) is 0 Å². The highest BCUT2D eigenvalue weighted by Crippen LogP contribution is 2.27. The SMILES string of the molecule is NCC(c1ccccc1)C1CCCCO1. The predicted molar refractivity (Wildman–Crippen MR) is 61.8 cm³/mol. The predicted octanol–water partition coefficient (Wildman–Crippen LogP) is 2.30. The van der Waals surface area contributed by atoms with Gasteiger partial charge in [-0.2, -0.15) is 0 Å². The molecule has 2 rings (SSSR count). The lowest BCUT2D eigenvalue weighted by Gasteiger charge is -2.30. The first-order chi connectivity index (χ1) is 7.42. The van der Waals surface area contributed by atoms with E-state index in [1.54, 1.807) is 0 Å². The van der Waals surface area contributed by atoms with Crippen molar-refractivity contribution in [1.29, 1.82) is 0 Å². The number of hydrogen-bond donors (Lipinski definition) is 1. The fourth-order valence-electron chi connectivity index (χ4n) is 2.29. The van der Waals surface area contributed by atoms with Gasteiger partial charge in [-0.05, 0) is 24.8 Å². The number of hydrogen-bond acceptors (Lipinski definition) is 2. The van der Waals surface area contributed by atoms with Gasteiger partial charge in [0.05, 0.1) is 6.10 Å². The van der Waals surface area contributed by atoms with Crippen LogP contribution in [0.25, 0.3) is 0 Å². The topological polar surface area (TPSA) is 35.2 Å². The lowest BCUT2D eigenvalue weighted by Crippen LogP contribution is -2.31. The second kappa shape index (κ2) is 5.29. The third kappa shape index (κ3) is 2.58. The Balaban J connectivity index is 2.09. The summed E-state index contributed by atoms with van der Waals surface area (Å²) in [6, 6.07) is 10.5. The monoisotopic (exact) mass is 205 g/mol. The van der Waals surface area contributed by atoms with E-state index in [4.69, 9.17) is 10.5 Å². The van der Waals surface area contributed by atoms with Gasteiger partial charge in [0.1, 0.15) is 0 Å². The molecule has 2 heteroatoms. The molecule has 1 aliphatic heterocycles. The third-order valence-corrected chi connectivity index (χ3v) is 3.15. The molecule has 1 fully saturated rings. The first-order valence-electron chi connectivity index (χ1n) is 5.78. The van der Waals surface area contributed by atoms with E-state index in [1.807, 2.05) is 6.07 Å². The maximum absolute atomic E-state index is 5.86. The van der Waals surface area contributed by atoms with Crippen molar-refractivity contribution in [3.05, 3.63) is 35.9 Å². The lowest BCUT2D eigenvalue weighted by atomic mass is 9.89. The summed E-state index contributed by atoms with van der Waals surface area (Å²) in [4.78, 5) is 0. The molecule has 1 heterocycles. The standard InChI is InChI=1S/C13H19NO/c14-10-12(11-6-2-1-3-7-11)13-8-4-5-9-15-13/h1-3,6-7,12-13H,4-5,8-10,14H2. The molecule has 0 aliphatic carbocycles. The zero-order chi connectivity index (χ0) is 10.5. The van der Waals surface area contributed by atoms with Gasteiger partial charge in [-0.1, -0.05) is 30.3 Å². The smallest absolute Gasteiger partial charge is 0.0655 e. The number of rotatable bonds is 3. The van der Waals surface area contributed by atoms with Gasteiger partial charge >= 0.3 is 0 Å². The van der Waals surface area contributed by atoms with E-state index in [1.165, 1.54) is 18.4 Å². The lowest BCUT2D eigenvalue weighted by molar-refractivity contribution is 0.000582. The van der Waals surface area contributed by atoms with Crippen LogP contribution in [0.2, 0.25) is 0 Å². The Morgan fingerprint density at radius 1 is 1.27 bits per heavy atom. The highest BCUT2D eigenvalue weighted by Gasteiger charge is 2.24. The molecular weight excluding hydrogens is 186 g/mol. The van der Waals surface area contributed by atoms with Crippen LogP contribution in [0.3, 0.4) is 0 Å². The summed E-state index contributed by atoms with van der Waals surface area (Å²) in [7, 11) is 0. The molecule has 0 spiro atoms. The summed E-state index contributed by atoms with van der Waals surface area (Å²) in [6.45, 7) is 1.57. The van der Waals surface area contributed by atoms with Gasteiger partial charge in [-0.15, -0.1) is 0 Å². The minimum absolute atomic E-state index is 0.325. The van der Waals surface area contributed by atoms with E-state index in [0.717, 1.165) is 13.0 Å². The molecule has 0 radical (unpaired) electrons. The molecule has 0 amide bonds. The normalized spacial score (nSPS) is 23.7. The summed E-state index contributed by atoms with van der Waals surface area (Å²) >= 11 is 0. The fraction of sp³-hybridized carbons (Fsp3) is 0.538. The summed E-state index contributed by atoms with van der Waals surface area (Å²) in [5.74, 6) is 0.367. The van der Waals surface area contributed by atoms with Crippen LogP contribution < -0.4 is 5.73 Å². The van der Waals surface area contributed by atoms with Gasteiger partial charge < -0.3 is 10.5 Å². The molecule has 1 aliphatic rings. The van der Waals surface area contributed by atoms with E-state index in [0.29, 0.717) is 18.6 Å². The van der Waals surface area contributed by atoms with Crippen molar-refractivity contribution in [2.45, 2.75) is 31.3 Å². The molecule has 1 aromatic carbocycles. The van der Waals surface area contributed by atoms with Crippen molar-refractivity contribution < 1.29 is 4.74 Å². The molecular formula is C13H19NO. The average molecular weight is 205 g/mol. The van der Waals surface area contributed by atoms with Crippen LogP contribution in [0.15, 0.2) is 30.3 Å². The van der Waals surface area contributed by atoms with E-state index >= 15 is 0 Å². The Kier molecular flexibility index (Phi) is 3.75. The van der Waals surface area contributed by atoms with Gasteiger partial charge in [0.25, 0.3) is 0 Å². The quantitative estimate of drug-likeness (QED) is 0.821. The minimum Gasteiger partial charge on any atom is -0.378 e. The van der Waals surface area contributed by atoms with Crippen LogP contribution in [0.4, 0.5) is 0 Å². The van der Waals surface area contributed by atoms with Crippen molar-refractivity contribution >= 4 is 0 Å². The molecule has 82 valence electrons. The molecule has 0 saturated carbocycles. The minimum atomic E-state index is 0.325. The van der Waals surface area contributed by atoms with Gasteiger partial charge in [-0.25, -0.2) is 0 Å². The first kappa shape index (κ1) is 10.7. The summed E-state index contributed by atoms with van der Waals surface area (Å²) < 4.78 is 5.81. The Labute approximate surface area is 91.4 Å². The second-order valence-corrected chi connectivity index (χ2v) is 4.16. The maximum Gasteiger partial charge on any atom is 0.0655 e. The molecule has 2 unspecified atom stereocenters. The zero-order valence-electron chi connectivity index (χ0n) is 9.06. The zero-order valence-corrected chi connectivity index (χ0v) is 9.06. The third-order valence-electron chi connectivity index (χ3n) is 3.15. The number of nitrogens with two attached hydrogens (primary N) is 1. The molecule has 0 aromatic heterocycles. The van der Waals surface area contributed by atoms with Gasteiger partial charge in [0.2, 0.25) is 0 Å². The molecule has 2 N–H and O–H groups in total. The van der Waals surface area contributed by atoms with Gasteiger partial charge in [-0.3, -0.25) is 0 Å². The Bertz CT molecular complexity index is 280. The molecule has 1 saturated heterocycles. The molecule has 2 nitrogen and oxygen atoms in total. The summed E-state index contributed by atoms with van der Waals surface area (Å²) in [5, 5.41) is 0. The Hall–Kier alpha value is -0.860. The highest BCUT2D eigenvalue weighted by molar-refractivity contribution is 5.21. The Morgan fingerprint density at radius 2 is 2.07 bits per heavy atom. The highest BCUT2D eigenvalue weighted by atomic mass is 16.5. The molecule has 0 bridgehead atoms. The molecule has 1 aromatic rings. The second-order valence-electron chi connectivity index (χ2n) is 4.16. The van der Waals surface area contributed by atoms with Crippen LogP contribution in [-0.2, 0) is 4.74 Å². The van der Waals surface area contributed by atoms with Crippen LogP contribution in [0.1, 0.15) is 30.7 Å². The van der Waals surface area contributed by atoms with Gasteiger partial charge in [0.15, 0.2) is 0 Å². The van der Waals surface area contributed by atoms with Crippen LogP contribution in [-0.4, -0.2) is 19.3 Å². The van der Waals surface area contributed by atoms with E-state index in [9.17, 15) is 0 Å². The van der Waals surface area contributed by atoms with E-state index in [-0.39, 0.29) is 0 Å². The van der Waals surface area contributed by atoms with Gasteiger partial charge in [0, 0.05) is 19.1 Å². The van der Waals surface area contributed by atoms with Crippen LogP contribution in [0, 0.1) is 0 Å². The van der Waals surface area contributed by atoms with Crippen molar-refractivity contribution in [3.8, 4) is 0 Å². The van der Waals surface area contributed by atoms with Crippen molar-refractivity contribution in [2.24, 2.45) is 5.73 Å². The fourth-order valence-corrected chi connectivity index (χ4v) is 2.29. The molecule has 15 heavy (non-hydrogen) atoms. The maximum atomic E-state index is 5.86. The number of ether oxygens (including phenoxy) is 1. The summed E-state index contributed by atoms with van der Waals surface area (Å²) in [5.41, 5.74) is 7.17. The summed E-state index contributed by atoms with van der Waals surface area (Å²) in [6.07, 6.45) is 3.94. The van der Waals surface area contributed by atoms with Crippen LogP contribution in [0.5, 0.6) is 0 Å². The number of benzene rings is 1. The first-order valence-corrected chi connectivity index (χ1v) is 5.78. The van der Waals surface area contributed by atoms with Crippen molar-refractivity contribution in [1.82, 2.24) is 0 Å².